The van der Waals surface area contributed by atoms with Gasteiger partial charge in [-0.05, 0) is 68.3 Å². The molecule has 4 aromatic heterocycles. The molecule has 0 saturated heterocycles. The molecule has 39 heavy (non-hydrogen) atoms. The summed E-state index contributed by atoms with van der Waals surface area (Å²) >= 11 is 0. The molecule has 0 saturated carbocycles. The molecule has 6 rings (SSSR count). The van der Waals surface area contributed by atoms with Crippen LogP contribution in [0.1, 0.15) is 44.6 Å². The Kier molecular flexibility index (Phi) is 7.10. The molecule has 0 bridgehead atoms. The number of aromatic nitrogens is 3. The molecule has 6 aromatic rings. The fourth-order valence-corrected chi connectivity index (χ4v) is 5.22. The number of fused-ring (bicyclic) bond motifs is 2. The van der Waals surface area contributed by atoms with Gasteiger partial charge in [-0.15, -0.1) is 0 Å². The molecule has 0 atom stereocenters. The minimum absolute atomic E-state index is 0.0258. The summed E-state index contributed by atoms with van der Waals surface area (Å²) in [6.07, 6.45) is 3.55. The van der Waals surface area contributed by atoms with Gasteiger partial charge in [0, 0.05) is 41.1 Å². The number of benzene rings is 2. The zero-order valence-electron chi connectivity index (χ0n) is 22.1. The molecule has 0 unspecified atom stereocenters. The van der Waals surface area contributed by atoms with Crippen molar-refractivity contribution in [1.29, 1.82) is 0 Å². The van der Waals surface area contributed by atoms with Crippen LogP contribution in [0.15, 0.2) is 103 Å². The van der Waals surface area contributed by atoms with Crippen LogP contribution in [-0.2, 0) is 6.54 Å². The average molecular weight is 516 g/mol. The van der Waals surface area contributed by atoms with Crippen molar-refractivity contribution in [3.8, 4) is 11.3 Å². The predicted molar refractivity (Wildman–Crippen MR) is 155 cm³/mol. The maximum absolute atomic E-state index is 13.0. The van der Waals surface area contributed by atoms with Gasteiger partial charge in [-0.3, -0.25) is 9.78 Å². The number of aromatic carboxylic acids is 1. The van der Waals surface area contributed by atoms with E-state index in [0.29, 0.717) is 5.56 Å². The number of pyridine rings is 2. The van der Waals surface area contributed by atoms with E-state index >= 15 is 0 Å². The van der Waals surface area contributed by atoms with E-state index in [1.165, 1.54) is 40.7 Å². The highest BCUT2D eigenvalue weighted by molar-refractivity contribution is 6.19. The Morgan fingerprint density at radius 2 is 1.59 bits per heavy atom. The molecule has 0 radical (unpaired) electrons. The molecule has 194 valence electrons. The van der Waals surface area contributed by atoms with Crippen LogP contribution in [0.25, 0.3) is 27.7 Å². The summed E-state index contributed by atoms with van der Waals surface area (Å²) in [6, 6.07) is 29.6. The number of carboxylic acid groups (broad SMARTS) is 1. The minimum atomic E-state index is -1.15. The number of rotatable bonds is 5. The van der Waals surface area contributed by atoms with Crippen molar-refractivity contribution < 1.29 is 14.7 Å². The molecule has 0 fully saturated rings. The van der Waals surface area contributed by atoms with Crippen molar-refractivity contribution in [1.82, 2.24) is 14.0 Å². The van der Waals surface area contributed by atoms with Gasteiger partial charge in [0.15, 0.2) is 0 Å². The normalized spacial score (nSPS) is 10.8. The highest BCUT2D eigenvalue weighted by Crippen LogP contribution is 2.29. The van der Waals surface area contributed by atoms with Crippen LogP contribution in [0.2, 0.25) is 0 Å². The summed E-state index contributed by atoms with van der Waals surface area (Å²) in [5.74, 6) is -1.51. The highest BCUT2D eigenvalue weighted by Gasteiger charge is 2.25. The second-order valence-electron chi connectivity index (χ2n) is 9.29. The van der Waals surface area contributed by atoms with Crippen LogP contribution in [0.3, 0.4) is 0 Å². The van der Waals surface area contributed by atoms with E-state index in [0.717, 1.165) is 23.1 Å². The van der Waals surface area contributed by atoms with Crippen molar-refractivity contribution in [3.63, 3.8) is 0 Å². The number of carbonyl (C=O) groups excluding carboxylic acids is 1. The van der Waals surface area contributed by atoms with Gasteiger partial charge < -0.3 is 14.1 Å². The fraction of sp³-hybridized carbons (Fsp3) is 0.121. The van der Waals surface area contributed by atoms with Crippen LogP contribution >= 0.6 is 0 Å². The lowest BCUT2D eigenvalue weighted by molar-refractivity contribution is 0.0692. The number of hydrogen-bond acceptors (Lipinski definition) is 3. The number of carboxylic acids is 1. The summed E-state index contributed by atoms with van der Waals surface area (Å²) in [7, 11) is 0. The first-order valence-electron chi connectivity index (χ1n) is 12.8. The molecule has 0 aliphatic rings. The lowest BCUT2D eigenvalue weighted by atomic mass is 10.0. The maximum atomic E-state index is 13.0. The van der Waals surface area contributed by atoms with Crippen LogP contribution in [-0.4, -0.2) is 30.8 Å². The summed E-state index contributed by atoms with van der Waals surface area (Å²) in [5.41, 5.74) is 7.32. The second-order valence-corrected chi connectivity index (χ2v) is 9.29. The maximum Gasteiger partial charge on any atom is 0.338 e. The van der Waals surface area contributed by atoms with Gasteiger partial charge in [0.2, 0.25) is 5.78 Å². The molecule has 0 spiro atoms. The third kappa shape index (κ3) is 4.73. The first kappa shape index (κ1) is 25.7. The van der Waals surface area contributed by atoms with E-state index in [4.69, 9.17) is 0 Å². The van der Waals surface area contributed by atoms with E-state index in [2.05, 4.69) is 77.1 Å². The molecule has 6 heteroatoms. The number of ketones is 1. The third-order valence-electron chi connectivity index (χ3n) is 6.94. The van der Waals surface area contributed by atoms with Crippen LogP contribution < -0.4 is 0 Å². The first-order valence-corrected chi connectivity index (χ1v) is 12.8. The Hall–Kier alpha value is -4.97. The molecule has 1 N–H and O–H groups in total. The first-order chi connectivity index (χ1) is 18.9. The Balaban J connectivity index is 0.000000168. The van der Waals surface area contributed by atoms with Gasteiger partial charge in [-0.1, -0.05) is 54.6 Å². The molecule has 0 aliphatic carbocycles. The third-order valence-corrected chi connectivity index (χ3v) is 6.94. The smallest absolute Gasteiger partial charge is 0.338 e. The van der Waals surface area contributed by atoms with Crippen LogP contribution in [0.5, 0.6) is 0 Å². The zero-order valence-corrected chi connectivity index (χ0v) is 22.1. The molecule has 6 nitrogen and oxygen atoms in total. The predicted octanol–water partition coefficient (Wildman–Crippen LogP) is 7.21. The van der Waals surface area contributed by atoms with Crippen molar-refractivity contribution >= 4 is 28.2 Å². The number of hydrogen-bond donors (Lipinski definition) is 1. The Labute approximate surface area is 226 Å². The molecular formula is C33H29N3O3. The van der Waals surface area contributed by atoms with Gasteiger partial charge >= 0.3 is 5.97 Å². The Morgan fingerprint density at radius 1 is 0.872 bits per heavy atom. The van der Waals surface area contributed by atoms with E-state index in [1.54, 1.807) is 0 Å². The van der Waals surface area contributed by atoms with Crippen molar-refractivity contribution in [2.24, 2.45) is 0 Å². The molecule has 0 aliphatic heterocycles. The monoisotopic (exact) mass is 515 g/mol. The summed E-state index contributed by atoms with van der Waals surface area (Å²) < 4.78 is 4.29. The van der Waals surface area contributed by atoms with Crippen molar-refractivity contribution in [2.45, 2.75) is 27.3 Å². The lowest BCUT2D eigenvalue weighted by Crippen LogP contribution is -2.13. The quantitative estimate of drug-likeness (QED) is 0.246. The Bertz CT molecular complexity index is 1810. The van der Waals surface area contributed by atoms with Gasteiger partial charge in [-0.2, -0.15) is 0 Å². The minimum Gasteiger partial charge on any atom is -0.478 e. The summed E-state index contributed by atoms with van der Waals surface area (Å²) in [4.78, 5) is 28.4. The van der Waals surface area contributed by atoms with Gasteiger partial charge in [0.05, 0.1) is 16.8 Å². The lowest BCUT2D eigenvalue weighted by Gasteiger charge is -2.06. The van der Waals surface area contributed by atoms with E-state index in [9.17, 15) is 14.7 Å². The van der Waals surface area contributed by atoms with Crippen LogP contribution in [0, 0.1) is 13.8 Å². The number of aryl methyl sites for hydroxylation is 2. The topological polar surface area (TPSA) is 76.6 Å². The van der Waals surface area contributed by atoms with Crippen LogP contribution in [0.4, 0.5) is 0 Å². The zero-order chi connectivity index (χ0) is 27.5. The molecule has 0 amide bonds. The number of nitrogens with zero attached hydrogens (tertiary/aromatic N) is 3. The Morgan fingerprint density at radius 3 is 2.33 bits per heavy atom. The number of carbonyl (C=O) groups is 2. The highest BCUT2D eigenvalue weighted by atomic mass is 16.4. The molecule has 4 heterocycles. The largest absolute Gasteiger partial charge is 0.478 e. The van der Waals surface area contributed by atoms with Crippen molar-refractivity contribution in [2.75, 3.05) is 0 Å². The van der Waals surface area contributed by atoms with Gasteiger partial charge in [-0.25, -0.2) is 4.79 Å². The molecule has 2 aromatic carbocycles. The average Bonchev–Trinajstić information content (AvgIpc) is 3.45. The van der Waals surface area contributed by atoms with Gasteiger partial charge in [0.25, 0.3) is 0 Å². The molecular weight excluding hydrogens is 486 g/mol. The summed E-state index contributed by atoms with van der Waals surface area (Å²) in [6.45, 7) is 6.78. The number of para-hydroxylation sites is 1. The van der Waals surface area contributed by atoms with E-state index < -0.39 is 5.97 Å². The van der Waals surface area contributed by atoms with E-state index in [1.807, 2.05) is 42.7 Å². The van der Waals surface area contributed by atoms with Crippen molar-refractivity contribution in [3.05, 3.63) is 131 Å². The summed E-state index contributed by atoms with van der Waals surface area (Å²) in [5, 5.41) is 10.1. The van der Waals surface area contributed by atoms with E-state index in [-0.39, 0.29) is 17.0 Å². The second kappa shape index (κ2) is 10.8. The van der Waals surface area contributed by atoms with Gasteiger partial charge in [0.1, 0.15) is 5.69 Å². The SMILES string of the molecule is CCn1c(C)c(C(=O)c2ncccc2C(=O)O)c2ccccc21.Cc1cc2ccccn2c1-c1ccccc1. The fourth-order valence-electron chi connectivity index (χ4n) is 5.22. The standard InChI is InChI=1S/C18H16N2O3.C15H13N/c1-3-20-11(2)15(12-7-4-5-9-14(12)20)17(21)16-13(18(22)23)8-6-10-19-16;1-12-11-14-9-5-6-10-16(14)15(12)13-7-3-2-4-8-13/h4-10H,3H2,1-2H3,(H,22,23);2-11H,1H3.